The molecule has 0 saturated heterocycles. The first-order valence-corrected chi connectivity index (χ1v) is 4.18. The van der Waals surface area contributed by atoms with E-state index in [9.17, 15) is 0 Å². The molecule has 0 fully saturated rings. The van der Waals surface area contributed by atoms with E-state index in [1.165, 1.54) is 0 Å². The van der Waals surface area contributed by atoms with Gasteiger partial charge in [0, 0.05) is 6.07 Å². The third-order valence-corrected chi connectivity index (χ3v) is 1.43. The average Bonchev–Trinajstić information content (AvgIpc) is 1.85. The van der Waals surface area contributed by atoms with Crippen LogP contribution >= 0.6 is 15.9 Å². The zero-order valence-electron chi connectivity index (χ0n) is 6.47. The van der Waals surface area contributed by atoms with Crippen molar-refractivity contribution >= 4 is 15.9 Å². The topological polar surface area (TPSA) is 22.1 Å². The molecule has 1 rings (SSSR count). The van der Waals surface area contributed by atoms with Gasteiger partial charge in [0.2, 0.25) is 5.88 Å². The Morgan fingerprint density at radius 2 is 2.36 bits per heavy atom. The van der Waals surface area contributed by atoms with Crippen LogP contribution in [0.3, 0.4) is 0 Å². The van der Waals surface area contributed by atoms with Gasteiger partial charge in [-0.2, -0.15) is 0 Å². The van der Waals surface area contributed by atoms with Crippen molar-refractivity contribution < 1.29 is 4.74 Å². The summed E-state index contributed by atoms with van der Waals surface area (Å²) in [6.07, 6.45) is 0.146. The molecule has 59 valence electrons. The lowest BCUT2D eigenvalue weighted by molar-refractivity contribution is 0.231. The van der Waals surface area contributed by atoms with Gasteiger partial charge in [0.1, 0.15) is 4.60 Å². The first-order chi connectivity index (χ1) is 5.18. The molecule has 0 saturated carbocycles. The quantitative estimate of drug-likeness (QED) is 0.706. The molecule has 0 aliphatic rings. The number of halogens is 1. The predicted octanol–water partition coefficient (Wildman–Crippen LogP) is 2.43. The van der Waals surface area contributed by atoms with E-state index in [2.05, 4.69) is 27.0 Å². The Morgan fingerprint density at radius 3 is 2.91 bits per heavy atom. The molecule has 1 radical (unpaired) electrons. The molecule has 11 heavy (non-hydrogen) atoms. The van der Waals surface area contributed by atoms with Gasteiger partial charge in [-0.25, -0.2) is 4.98 Å². The Balaban J connectivity index is 2.71. The minimum absolute atomic E-state index is 0.146. The standard InChI is InChI=1S/C8H9BrNO/c1-6(2)11-8-5-3-4-7(9)10-8/h3-4,6H,1-2H3. The van der Waals surface area contributed by atoms with Crippen LogP contribution in [0.4, 0.5) is 0 Å². The van der Waals surface area contributed by atoms with E-state index < -0.39 is 0 Å². The number of aromatic nitrogens is 1. The Hall–Kier alpha value is -0.570. The zero-order chi connectivity index (χ0) is 8.27. The van der Waals surface area contributed by atoms with Gasteiger partial charge in [-0.3, -0.25) is 0 Å². The second-order valence-corrected chi connectivity index (χ2v) is 3.20. The maximum atomic E-state index is 5.30. The molecule has 3 heteroatoms. The van der Waals surface area contributed by atoms with Gasteiger partial charge in [-0.1, -0.05) is 0 Å². The lowest BCUT2D eigenvalue weighted by atomic mass is 10.4. The van der Waals surface area contributed by atoms with Crippen molar-refractivity contribution in [3.8, 4) is 5.88 Å². The Bertz CT molecular complexity index is 237. The largest absolute Gasteiger partial charge is 0.474 e. The van der Waals surface area contributed by atoms with Crippen LogP contribution in [0.1, 0.15) is 13.8 Å². The molecule has 0 spiro atoms. The Morgan fingerprint density at radius 1 is 1.64 bits per heavy atom. The Labute approximate surface area is 74.7 Å². The van der Waals surface area contributed by atoms with E-state index in [0.29, 0.717) is 5.88 Å². The molecule has 0 aliphatic carbocycles. The smallest absolute Gasteiger partial charge is 0.222 e. The molecule has 0 N–H and O–H groups in total. The molecule has 1 heterocycles. The van der Waals surface area contributed by atoms with Crippen LogP contribution < -0.4 is 4.74 Å². The van der Waals surface area contributed by atoms with Gasteiger partial charge >= 0.3 is 0 Å². The van der Waals surface area contributed by atoms with Gasteiger partial charge in [0.05, 0.1) is 6.10 Å². The fourth-order valence-corrected chi connectivity index (χ4v) is 0.925. The molecular formula is C8H9BrNO. The monoisotopic (exact) mass is 214 g/mol. The molecule has 0 amide bonds. The molecule has 0 aliphatic heterocycles. The lowest BCUT2D eigenvalue weighted by Gasteiger charge is -2.07. The summed E-state index contributed by atoms with van der Waals surface area (Å²) in [5, 5.41) is 0. The minimum atomic E-state index is 0.146. The SMILES string of the molecule is CC(C)Oc1[c]ccc(Br)n1. The number of rotatable bonds is 2. The van der Waals surface area contributed by atoms with Crippen molar-refractivity contribution in [3.05, 3.63) is 22.8 Å². The van der Waals surface area contributed by atoms with E-state index in [1.54, 1.807) is 6.07 Å². The predicted molar refractivity (Wildman–Crippen MR) is 46.5 cm³/mol. The zero-order valence-corrected chi connectivity index (χ0v) is 8.05. The molecule has 0 bridgehead atoms. The molecule has 1 aromatic rings. The van der Waals surface area contributed by atoms with Crippen LogP contribution in [-0.2, 0) is 0 Å². The van der Waals surface area contributed by atoms with Gasteiger partial charge in [-0.05, 0) is 41.9 Å². The molecule has 0 aromatic carbocycles. The number of nitrogens with zero attached hydrogens (tertiary/aromatic N) is 1. The summed E-state index contributed by atoms with van der Waals surface area (Å²) in [5.41, 5.74) is 0. The highest BCUT2D eigenvalue weighted by Gasteiger charge is 1.98. The summed E-state index contributed by atoms with van der Waals surface area (Å²) in [6.45, 7) is 3.91. The molecular weight excluding hydrogens is 206 g/mol. The number of hydrogen-bond acceptors (Lipinski definition) is 2. The first-order valence-electron chi connectivity index (χ1n) is 3.39. The maximum absolute atomic E-state index is 5.30. The summed E-state index contributed by atoms with van der Waals surface area (Å²) < 4.78 is 6.07. The fraction of sp³-hybridized carbons (Fsp3) is 0.375. The van der Waals surface area contributed by atoms with E-state index in [4.69, 9.17) is 4.74 Å². The van der Waals surface area contributed by atoms with E-state index >= 15 is 0 Å². The average molecular weight is 215 g/mol. The fourth-order valence-electron chi connectivity index (χ4n) is 0.632. The normalized spacial score (nSPS) is 10.2. The van der Waals surface area contributed by atoms with Crippen molar-refractivity contribution in [2.24, 2.45) is 0 Å². The van der Waals surface area contributed by atoms with Crippen LogP contribution in [0, 0.1) is 6.07 Å². The van der Waals surface area contributed by atoms with Gasteiger partial charge in [0.25, 0.3) is 0 Å². The van der Waals surface area contributed by atoms with E-state index in [1.807, 2.05) is 19.9 Å². The summed E-state index contributed by atoms with van der Waals surface area (Å²) in [7, 11) is 0. The van der Waals surface area contributed by atoms with Crippen LogP contribution in [0.15, 0.2) is 16.7 Å². The minimum Gasteiger partial charge on any atom is -0.474 e. The van der Waals surface area contributed by atoms with Gasteiger partial charge in [-0.15, -0.1) is 0 Å². The van der Waals surface area contributed by atoms with Crippen LogP contribution in [0.25, 0.3) is 0 Å². The van der Waals surface area contributed by atoms with Crippen LogP contribution in [0.5, 0.6) is 5.88 Å². The third kappa shape index (κ3) is 2.89. The van der Waals surface area contributed by atoms with Gasteiger partial charge < -0.3 is 4.74 Å². The van der Waals surface area contributed by atoms with Crippen molar-refractivity contribution in [1.29, 1.82) is 0 Å². The van der Waals surface area contributed by atoms with Crippen molar-refractivity contribution in [3.63, 3.8) is 0 Å². The highest BCUT2D eigenvalue weighted by atomic mass is 79.9. The lowest BCUT2D eigenvalue weighted by Crippen LogP contribution is -2.06. The van der Waals surface area contributed by atoms with Crippen LogP contribution in [0.2, 0.25) is 0 Å². The first kappa shape index (κ1) is 8.53. The third-order valence-electron chi connectivity index (χ3n) is 0.983. The summed E-state index contributed by atoms with van der Waals surface area (Å²) in [5.74, 6) is 0.536. The summed E-state index contributed by atoms with van der Waals surface area (Å²) in [6, 6.07) is 6.46. The second kappa shape index (κ2) is 3.72. The maximum Gasteiger partial charge on any atom is 0.222 e. The summed E-state index contributed by atoms with van der Waals surface area (Å²) >= 11 is 3.24. The molecule has 1 aromatic heterocycles. The number of ether oxygens (including phenoxy) is 1. The van der Waals surface area contributed by atoms with Crippen molar-refractivity contribution in [1.82, 2.24) is 4.98 Å². The Kier molecular flexibility index (Phi) is 2.88. The van der Waals surface area contributed by atoms with E-state index in [0.717, 1.165) is 4.60 Å². The second-order valence-electron chi connectivity index (χ2n) is 2.38. The summed E-state index contributed by atoms with van der Waals surface area (Å²) in [4.78, 5) is 4.05. The highest BCUT2D eigenvalue weighted by molar-refractivity contribution is 9.10. The molecule has 0 atom stereocenters. The van der Waals surface area contributed by atoms with Crippen molar-refractivity contribution in [2.45, 2.75) is 20.0 Å². The van der Waals surface area contributed by atoms with Crippen LogP contribution in [-0.4, -0.2) is 11.1 Å². The number of hydrogen-bond donors (Lipinski definition) is 0. The van der Waals surface area contributed by atoms with E-state index in [-0.39, 0.29) is 6.10 Å². The van der Waals surface area contributed by atoms with Crippen molar-refractivity contribution in [2.75, 3.05) is 0 Å². The molecule has 0 unspecified atom stereocenters. The molecule has 2 nitrogen and oxygen atoms in total. The van der Waals surface area contributed by atoms with Gasteiger partial charge in [0.15, 0.2) is 0 Å². The highest BCUT2D eigenvalue weighted by Crippen LogP contribution is 2.12. The number of pyridine rings is 1.